The van der Waals surface area contributed by atoms with Crippen LogP contribution in [-0.4, -0.2) is 67.2 Å². The minimum absolute atomic E-state index is 0.00853. The third kappa shape index (κ3) is 5.56. The van der Waals surface area contributed by atoms with Gasteiger partial charge in [0, 0.05) is 43.3 Å². The maximum atomic E-state index is 12.7. The van der Waals surface area contributed by atoms with Crippen LogP contribution < -0.4 is 0 Å². The van der Waals surface area contributed by atoms with E-state index < -0.39 is 0 Å². The molecule has 10 heteroatoms. The van der Waals surface area contributed by atoms with Gasteiger partial charge in [-0.05, 0) is 48.4 Å². The lowest BCUT2D eigenvalue weighted by molar-refractivity contribution is -0.127. The van der Waals surface area contributed by atoms with E-state index in [1.54, 1.807) is 19.1 Å². The molecule has 0 radical (unpaired) electrons. The Morgan fingerprint density at radius 3 is 2.65 bits per heavy atom. The van der Waals surface area contributed by atoms with Crippen LogP contribution in [-0.2, 0) is 17.9 Å². The second-order valence-corrected chi connectivity index (χ2v) is 8.02. The topological polar surface area (TPSA) is 93.2 Å². The van der Waals surface area contributed by atoms with Gasteiger partial charge in [0.15, 0.2) is 11.6 Å². The van der Waals surface area contributed by atoms with E-state index in [1.165, 1.54) is 4.80 Å². The average Bonchev–Trinajstić information content (AvgIpc) is 3.35. The zero-order valence-corrected chi connectivity index (χ0v) is 18.3. The summed E-state index contributed by atoms with van der Waals surface area (Å²) in [5, 5.41) is 16.7. The first-order chi connectivity index (χ1) is 15.0. The lowest BCUT2D eigenvalue weighted by atomic mass is 10.1. The van der Waals surface area contributed by atoms with E-state index in [1.807, 2.05) is 36.1 Å². The Labute approximate surface area is 185 Å². The van der Waals surface area contributed by atoms with Crippen molar-refractivity contribution in [3.8, 4) is 0 Å². The molecule has 162 valence electrons. The Hall–Kier alpha value is -3.04. The number of carbonyl (C=O) groups excluding carboxylic acids is 1. The number of hydrogen-bond acceptors (Lipinski definition) is 7. The molecule has 4 rings (SSSR count). The summed E-state index contributed by atoms with van der Waals surface area (Å²) >= 11 is 6.17. The van der Waals surface area contributed by atoms with Gasteiger partial charge in [-0.1, -0.05) is 22.8 Å². The molecular formula is C21H24ClN7O2. The van der Waals surface area contributed by atoms with E-state index in [9.17, 15) is 4.79 Å². The monoisotopic (exact) mass is 441 g/mol. The smallest absolute Gasteiger partial charge is 0.246 e. The van der Waals surface area contributed by atoms with Crippen molar-refractivity contribution in [2.45, 2.75) is 26.9 Å². The number of rotatable bonds is 6. The van der Waals surface area contributed by atoms with Gasteiger partial charge in [0.05, 0.1) is 18.8 Å². The fraction of sp³-hybridized carbons (Fsp3) is 0.381. The lowest BCUT2D eigenvalue weighted by Crippen LogP contribution is -2.47. The second-order valence-electron chi connectivity index (χ2n) is 7.58. The number of halogens is 1. The van der Waals surface area contributed by atoms with Crippen LogP contribution in [0.25, 0.3) is 6.08 Å². The van der Waals surface area contributed by atoms with Crippen LogP contribution >= 0.6 is 11.6 Å². The van der Waals surface area contributed by atoms with Crippen molar-refractivity contribution in [3.63, 3.8) is 0 Å². The van der Waals surface area contributed by atoms with Crippen molar-refractivity contribution in [2.75, 3.05) is 26.2 Å². The molecule has 0 spiro atoms. The molecule has 1 aliphatic rings. The van der Waals surface area contributed by atoms with Gasteiger partial charge in [-0.25, -0.2) is 0 Å². The summed E-state index contributed by atoms with van der Waals surface area (Å²) in [5.41, 5.74) is 2.69. The van der Waals surface area contributed by atoms with Crippen molar-refractivity contribution in [3.05, 3.63) is 63.8 Å². The number of piperazine rings is 1. The highest BCUT2D eigenvalue weighted by Crippen LogP contribution is 2.19. The van der Waals surface area contributed by atoms with Gasteiger partial charge in [-0.3, -0.25) is 9.69 Å². The number of benzene rings is 1. The molecule has 3 aromatic rings. The molecule has 0 N–H and O–H groups in total. The highest BCUT2D eigenvalue weighted by Gasteiger charge is 2.20. The van der Waals surface area contributed by atoms with Crippen LogP contribution in [0, 0.1) is 13.8 Å². The fourth-order valence-corrected chi connectivity index (χ4v) is 3.72. The number of tetrazole rings is 1. The summed E-state index contributed by atoms with van der Waals surface area (Å²) in [4.78, 5) is 18.3. The third-order valence-electron chi connectivity index (χ3n) is 5.12. The Morgan fingerprint density at radius 1 is 1.16 bits per heavy atom. The molecule has 2 aromatic heterocycles. The molecule has 0 bridgehead atoms. The molecule has 0 atom stereocenters. The van der Waals surface area contributed by atoms with Crippen molar-refractivity contribution in [2.24, 2.45) is 0 Å². The molecule has 1 fully saturated rings. The fourth-order valence-electron chi connectivity index (χ4n) is 3.52. The van der Waals surface area contributed by atoms with Gasteiger partial charge in [-0.15, -0.1) is 10.2 Å². The summed E-state index contributed by atoms with van der Waals surface area (Å²) in [6, 6.07) is 7.50. The zero-order chi connectivity index (χ0) is 21.8. The first-order valence-corrected chi connectivity index (χ1v) is 10.5. The van der Waals surface area contributed by atoms with E-state index in [2.05, 4.69) is 25.5 Å². The summed E-state index contributed by atoms with van der Waals surface area (Å²) in [6.07, 6.45) is 3.43. The number of nitrogens with zero attached hydrogens (tertiary/aromatic N) is 7. The molecule has 0 unspecified atom stereocenters. The zero-order valence-electron chi connectivity index (χ0n) is 17.5. The summed E-state index contributed by atoms with van der Waals surface area (Å²) < 4.78 is 5.29. The quantitative estimate of drug-likeness (QED) is 0.542. The van der Waals surface area contributed by atoms with Crippen LogP contribution in [0.5, 0.6) is 0 Å². The van der Waals surface area contributed by atoms with E-state index in [0.29, 0.717) is 37.0 Å². The minimum atomic E-state index is -0.00853. The first-order valence-electron chi connectivity index (χ1n) is 10.1. The Kier molecular flexibility index (Phi) is 6.43. The minimum Gasteiger partial charge on any atom is -0.360 e. The lowest BCUT2D eigenvalue weighted by Gasteiger charge is -2.33. The molecule has 1 aliphatic heterocycles. The summed E-state index contributed by atoms with van der Waals surface area (Å²) in [5.74, 6) is 1.45. The van der Waals surface area contributed by atoms with Gasteiger partial charge >= 0.3 is 0 Å². The third-order valence-corrected chi connectivity index (χ3v) is 5.35. The van der Waals surface area contributed by atoms with E-state index in [-0.39, 0.29) is 5.91 Å². The highest BCUT2D eigenvalue weighted by molar-refractivity contribution is 6.30. The first kappa shape index (κ1) is 21.2. The van der Waals surface area contributed by atoms with E-state index in [4.69, 9.17) is 16.1 Å². The number of carbonyl (C=O) groups is 1. The number of aryl methyl sites for hydroxylation is 2. The van der Waals surface area contributed by atoms with Gasteiger partial charge in [0.25, 0.3) is 0 Å². The van der Waals surface area contributed by atoms with Crippen LogP contribution in [0.4, 0.5) is 0 Å². The predicted octanol–water partition coefficient (Wildman–Crippen LogP) is 2.34. The van der Waals surface area contributed by atoms with Gasteiger partial charge in [0.2, 0.25) is 5.91 Å². The maximum absolute atomic E-state index is 12.7. The van der Waals surface area contributed by atoms with Crippen molar-refractivity contribution in [1.82, 2.24) is 35.2 Å². The summed E-state index contributed by atoms with van der Waals surface area (Å²) in [6.45, 7) is 7.76. The van der Waals surface area contributed by atoms with Gasteiger partial charge in [0.1, 0.15) is 0 Å². The normalized spacial score (nSPS) is 15.1. The number of amides is 1. The van der Waals surface area contributed by atoms with Gasteiger partial charge in [-0.2, -0.15) is 4.80 Å². The molecule has 31 heavy (non-hydrogen) atoms. The van der Waals surface area contributed by atoms with Crippen LogP contribution in [0.1, 0.15) is 28.4 Å². The highest BCUT2D eigenvalue weighted by atomic mass is 35.5. The van der Waals surface area contributed by atoms with E-state index in [0.717, 1.165) is 35.7 Å². The van der Waals surface area contributed by atoms with Gasteiger partial charge < -0.3 is 9.42 Å². The second kappa shape index (κ2) is 9.40. The van der Waals surface area contributed by atoms with Crippen molar-refractivity contribution in [1.29, 1.82) is 0 Å². The number of hydrogen-bond donors (Lipinski definition) is 0. The van der Waals surface area contributed by atoms with Crippen LogP contribution in [0.15, 0.2) is 34.9 Å². The Morgan fingerprint density at radius 2 is 1.97 bits per heavy atom. The summed E-state index contributed by atoms with van der Waals surface area (Å²) in [7, 11) is 0. The number of aromatic nitrogens is 5. The molecule has 0 saturated carbocycles. The molecule has 9 nitrogen and oxygen atoms in total. The molecule has 1 amide bonds. The molecule has 1 saturated heterocycles. The maximum Gasteiger partial charge on any atom is 0.246 e. The molecule has 3 heterocycles. The molecule has 0 aliphatic carbocycles. The van der Waals surface area contributed by atoms with E-state index >= 15 is 0 Å². The molecular weight excluding hydrogens is 418 g/mol. The predicted molar refractivity (Wildman–Crippen MR) is 115 cm³/mol. The SMILES string of the molecule is Cc1cc(CN2CCN(C(=O)C=Cc3ccc(Cl)cc3Cn3nnc(C)n3)CC2)on1. The van der Waals surface area contributed by atoms with Crippen LogP contribution in [0.2, 0.25) is 5.02 Å². The largest absolute Gasteiger partial charge is 0.360 e. The Balaban J connectivity index is 1.36. The van der Waals surface area contributed by atoms with Crippen molar-refractivity contribution >= 4 is 23.6 Å². The standard InChI is InChI=1S/C21H24ClN7O2/c1-15-11-20(31-25-15)14-27-7-9-28(10-8-27)21(30)6-4-17-3-5-19(22)12-18(17)13-29-24-16(2)23-26-29/h3-6,11-12H,7-10,13-14H2,1-2H3. The van der Waals surface area contributed by atoms with Crippen molar-refractivity contribution < 1.29 is 9.32 Å². The Bertz CT molecular complexity index is 1080. The van der Waals surface area contributed by atoms with Crippen LogP contribution in [0.3, 0.4) is 0 Å². The average molecular weight is 442 g/mol. The molecule has 1 aromatic carbocycles.